The van der Waals surface area contributed by atoms with Gasteiger partial charge in [-0.3, -0.25) is 4.79 Å². The van der Waals surface area contributed by atoms with E-state index in [1.54, 1.807) is 6.92 Å². The molecule has 1 aromatic carbocycles. The Morgan fingerprint density at radius 1 is 1.48 bits per heavy atom. The summed E-state index contributed by atoms with van der Waals surface area (Å²) in [4.78, 5) is 12.1. The number of benzene rings is 1. The van der Waals surface area contributed by atoms with Gasteiger partial charge >= 0.3 is 6.18 Å². The highest BCUT2D eigenvalue weighted by molar-refractivity contribution is 5.92. The van der Waals surface area contributed by atoms with Crippen molar-refractivity contribution < 1.29 is 27.4 Å². The van der Waals surface area contributed by atoms with Crippen molar-refractivity contribution in [1.29, 1.82) is 0 Å². The molecule has 23 heavy (non-hydrogen) atoms. The van der Waals surface area contributed by atoms with Gasteiger partial charge in [-0.1, -0.05) is 0 Å². The van der Waals surface area contributed by atoms with Gasteiger partial charge in [0.15, 0.2) is 0 Å². The van der Waals surface area contributed by atoms with E-state index in [9.17, 15) is 18.0 Å². The number of amides is 1. The first-order chi connectivity index (χ1) is 10.9. The van der Waals surface area contributed by atoms with E-state index in [-0.39, 0.29) is 30.5 Å². The second-order valence-corrected chi connectivity index (χ2v) is 5.12. The summed E-state index contributed by atoms with van der Waals surface area (Å²) in [5.41, 5.74) is -0.821. The second-order valence-electron chi connectivity index (χ2n) is 5.12. The molecule has 1 amide bonds. The summed E-state index contributed by atoms with van der Waals surface area (Å²) in [5, 5.41) is 5.61. The molecule has 0 aliphatic carbocycles. The SMILES string of the molecule is CCOc1ccc(C(F)(F)F)cc1NC(=O)CC1COCCN1. The zero-order chi connectivity index (χ0) is 16.9. The van der Waals surface area contributed by atoms with E-state index < -0.39 is 17.6 Å². The number of carbonyl (C=O) groups is 1. The van der Waals surface area contributed by atoms with Gasteiger partial charge in [0.2, 0.25) is 5.91 Å². The van der Waals surface area contributed by atoms with Gasteiger partial charge in [0.25, 0.3) is 0 Å². The van der Waals surface area contributed by atoms with Crippen LogP contribution < -0.4 is 15.4 Å². The molecule has 0 bridgehead atoms. The van der Waals surface area contributed by atoms with Gasteiger partial charge in [-0.15, -0.1) is 0 Å². The third kappa shape index (κ3) is 5.11. The Morgan fingerprint density at radius 3 is 2.87 bits per heavy atom. The summed E-state index contributed by atoms with van der Waals surface area (Å²) < 4.78 is 49.0. The molecule has 2 N–H and O–H groups in total. The van der Waals surface area contributed by atoms with Crippen molar-refractivity contribution >= 4 is 11.6 Å². The maximum absolute atomic E-state index is 12.8. The van der Waals surface area contributed by atoms with Crippen molar-refractivity contribution in [1.82, 2.24) is 5.32 Å². The van der Waals surface area contributed by atoms with E-state index in [0.29, 0.717) is 19.8 Å². The fourth-order valence-electron chi connectivity index (χ4n) is 2.26. The Hall–Kier alpha value is -1.80. The number of morpholine rings is 1. The topological polar surface area (TPSA) is 59.6 Å². The molecule has 1 fully saturated rings. The Bertz CT molecular complexity index is 543. The van der Waals surface area contributed by atoms with Gasteiger partial charge < -0.3 is 20.1 Å². The standard InChI is InChI=1S/C15H19F3N2O3/c1-2-23-13-4-3-10(15(16,17)18)7-12(13)20-14(21)8-11-9-22-6-5-19-11/h3-4,7,11,19H,2,5-6,8-9H2,1H3,(H,20,21). The maximum atomic E-state index is 12.8. The molecule has 0 aromatic heterocycles. The molecule has 0 spiro atoms. The average molecular weight is 332 g/mol. The van der Waals surface area contributed by atoms with Crippen LogP contribution in [0.2, 0.25) is 0 Å². The number of rotatable bonds is 5. The fourth-order valence-corrected chi connectivity index (χ4v) is 2.26. The van der Waals surface area contributed by atoms with Crippen LogP contribution in [0.4, 0.5) is 18.9 Å². The summed E-state index contributed by atoms with van der Waals surface area (Å²) in [7, 11) is 0. The normalized spacial score (nSPS) is 18.5. The second kappa shape index (κ2) is 7.65. The molecule has 5 nitrogen and oxygen atoms in total. The predicted octanol–water partition coefficient (Wildman–Crippen LogP) is 2.42. The van der Waals surface area contributed by atoms with E-state index in [1.807, 2.05) is 0 Å². The molecular weight excluding hydrogens is 313 g/mol. The number of nitrogens with one attached hydrogen (secondary N) is 2. The van der Waals surface area contributed by atoms with Crippen molar-refractivity contribution in [3.8, 4) is 5.75 Å². The molecule has 2 rings (SSSR count). The quantitative estimate of drug-likeness (QED) is 0.869. The van der Waals surface area contributed by atoms with Gasteiger partial charge in [0, 0.05) is 19.0 Å². The zero-order valence-electron chi connectivity index (χ0n) is 12.7. The number of alkyl halides is 3. The van der Waals surface area contributed by atoms with Gasteiger partial charge in [0.1, 0.15) is 5.75 Å². The number of anilines is 1. The molecular formula is C15H19F3N2O3. The van der Waals surface area contributed by atoms with Gasteiger partial charge in [-0.2, -0.15) is 13.2 Å². The number of halogens is 3. The monoisotopic (exact) mass is 332 g/mol. The molecule has 0 saturated carbocycles. The minimum Gasteiger partial charge on any atom is -0.492 e. The van der Waals surface area contributed by atoms with E-state index in [4.69, 9.17) is 9.47 Å². The number of carbonyl (C=O) groups excluding carboxylic acids is 1. The number of ether oxygens (including phenoxy) is 2. The molecule has 1 aliphatic heterocycles. The predicted molar refractivity (Wildman–Crippen MR) is 78.5 cm³/mol. The van der Waals surface area contributed by atoms with Crippen LogP contribution in [-0.4, -0.2) is 38.3 Å². The van der Waals surface area contributed by atoms with Gasteiger partial charge in [-0.05, 0) is 25.1 Å². The Morgan fingerprint density at radius 2 is 2.26 bits per heavy atom. The van der Waals surface area contributed by atoms with Crippen LogP contribution >= 0.6 is 0 Å². The third-order valence-corrected chi connectivity index (χ3v) is 3.31. The van der Waals surface area contributed by atoms with Crippen molar-refractivity contribution in [2.24, 2.45) is 0 Å². The molecule has 1 saturated heterocycles. The van der Waals surface area contributed by atoms with Gasteiger partial charge in [0.05, 0.1) is 31.1 Å². The van der Waals surface area contributed by atoms with Crippen molar-refractivity contribution in [3.05, 3.63) is 23.8 Å². The highest BCUT2D eigenvalue weighted by Crippen LogP contribution is 2.35. The van der Waals surface area contributed by atoms with Crippen LogP contribution in [0, 0.1) is 0 Å². The molecule has 1 unspecified atom stereocenters. The highest BCUT2D eigenvalue weighted by atomic mass is 19.4. The van der Waals surface area contributed by atoms with Gasteiger partial charge in [-0.25, -0.2) is 0 Å². The maximum Gasteiger partial charge on any atom is 0.416 e. The minimum absolute atomic E-state index is 0.0170. The highest BCUT2D eigenvalue weighted by Gasteiger charge is 2.31. The Labute approximate surface area is 132 Å². The molecule has 128 valence electrons. The van der Waals surface area contributed by atoms with Crippen molar-refractivity contribution in [2.45, 2.75) is 25.6 Å². The minimum atomic E-state index is -4.48. The van der Waals surface area contributed by atoms with Crippen LogP contribution in [0.15, 0.2) is 18.2 Å². The van der Waals surface area contributed by atoms with Crippen LogP contribution in [0.5, 0.6) is 5.75 Å². The molecule has 1 atom stereocenters. The van der Waals surface area contributed by atoms with Crippen LogP contribution in [-0.2, 0) is 15.7 Å². The number of hydrogen-bond acceptors (Lipinski definition) is 4. The summed E-state index contributed by atoms with van der Waals surface area (Å²) >= 11 is 0. The first-order valence-electron chi connectivity index (χ1n) is 7.35. The van der Waals surface area contributed by atoms with E-state index in [2.05, 4.69) is 10.6 Å². The lowest BCUT2D eigenvalue weighted by molar-refractivity contribution is -0.137. The summed E-state index contributed by atoms with van der Waals surface area (Å²) in [6.07, 6.45) is -4.37. The van der Waals surface area contributed by atoms with Crippen LogP contribution in [0.3, 0.4) is 0 Å². The Balaban J connectivity index is 2.10. The first-order valence-corrected chi connectivity index (χ1v) is 7.35. The lowest BCUT2D eigenvalue weighted by Gasteiger charge is -2.23. The molecule has 8 heteroatoms. The Kier molecular flexibility index (Phi) is 5.84. The molecule has 1 heterocycles. The average Bonchev–Trinajstić information content (AvgIpc) is 2.49. The third-order valence-electron chi connectivity index (χ3n) is 3.31. The number of hydrogen-bond donors (Lipinski definition) is 2. The fraction of sp³-hybridized carbons (Fsp3) is 0.533. The molecule has 1 aromatic rings. The lowest BCUT2D eigenvalue weighted by Crippen LogP contribution is -2.43. The van der Waals surface area contributed by atoms with E-state index >= 15 is 0 Å². The molecule has 1 aliphatic rings. The first kappa shape index (κ1) is 17.6. The van der Waals surface area contributed by atoms with Crippen LogP contribution in [0.1, 0.15) is 18.9 Å². The largest absolute Gasteiger partial charge is 0.492 e. The van der Waals surface area contributed by atoms with Crippen LogP contribution in [0.25, 0.3) is 0 Å². The lowest BCUT2D eigenvalue weighted by atomic mass is 10.1. The van der Waals surface area contributed by atoms with E-state index in [0.717, 1.165) is 12.1 Å². The van der Waals surface area contributed by atoms with Crippen molar-refractivity contribution in [3.63, 3.8) is 0 Å². The van der Waals surface area contributed by atoms with Crippen molar-refractivity contribution in [2.75, 3.05) is 31.7 Å². The summed E-state index contributed by atoms with van der Waals surface area (Å²) in [6.45, 7) is 3.62. The smallest absolute Gasteiger partial charge is 0.416 e. The zero-order valence-corrected chi connectivity index (χ0v) is 12.7. The summed E-state index contributed by atoms with van der Waals surface area (Å²) in [6, 6.07) is 2.87. The molecule has 0 radical (unpaired) electrons. The summed E-state index contributed by atoms with van der Waals surface area (Å²) in [5.74, 6) is -0.185. The van der Waals surface area contributed by atoms with E-state index in [1.165, 1.54) is 6.07 Å².